The van der Waals surface area contributed by atoms with E-state index in [1.54, 1.807) is 6.08 Å². The number of hydrogen-bond donors (Lipinski definition) is 2. The molecule has 1 fully saturated rings. The van der Waals surface area contributed by atoms with Gasteiger partial charge >= 0.3 is 0 Å². The summed E-state index contributed by atoms with van der Waals surface area (Å²) in [5.74, 6) is 0.0549. The SMILES string of the molecule is CCCCC[C@H](C)NC(=O)C[NH+]1CCN(S(=O)(=O)/C=C/c2ccccc2)CC1. The number of nitrogens with zero attached hydrogens (tertiary/aromatic N) is 1. The van der Waals surface area contributed by atoms with Gasteiger partial charge in [-0.25, -0.2) is 8.42 Å². The number of benzene rings is 1. The predicted molar refractivity (Wildman–Crippen MR) is 113 cm³/mol. The minimum Gasteiger partial charge on any atom is -0.349 e. The number of rotatable bonds is 10. The standard InChI is InChI=1S/C21H33N3O3S/c1-3-4-6-9-19(2)22-21(25)18-23-13-15-24(16-14-23)28(26,27)17-12-20-10-7-5-8-11-20/h5,7-8,10-12,17,19H,3-4,6,9,13-16,18H2,1-2H3,(H,22,25)/p+1/b17-12+/t19-/m0/s1. The number of quaternary nitrogens is 1. The molecule has 0 saturated carbocycles. The van der Waals surface area contributed by atoms with E-state index < -0.39 is 10.0 Å². The second kappa shape index (κ2) is 11.3. The van der Waals surface area contributed by atoms with Crippen LogP contribution < -0.4 is 10.2 Å². The summed E-state index contributed by atoms with van der Waals surface area (Å²) in [4.78, 5) is 13.4. The first kappa shape index (κ1) is 22.6. The number of carbonyl (C=O) groups is 1. The van der Waals surface area contributed by atoms with Gasteiger partial charge in [-0.1, -0.05) is 56.5 Å². The van der Waals surface area contributed by atoms with Crippen LogP contribution in [0.25, 0.3) is 6.08 Å². The molecule has 0 aliphatic carbocycles. The maximum Gasteiger partial charge on any atom is 0.275 e. The van der Waals surface area contributed by atoms with E-state index in [0.29, 0.717) is 32.7 Å². The third-order valence-electron chi connectivity index (χ3n) is 5.08. The van der Waals surface area contributed by atoms with E-state index in [9.17, 15) is 13.2 Å². The lowest BCUT2D eigenvalue weighted by molar-refractivity contribution is -0.895. The lowest BCUT2D eigenvalue weighted by atomic mass is 10.1. The quantitative estimate of drug-likeness (QED) is 0.573. The van der Waals surface area contributed by atoms with Crippen molar-refractivity contribution in [2.45, 2.75) is 45.6 Å². The van der Waals surface area contributed by atoms with E-state index >= 15 is 0 Å². The molecule has 2 N–H and O–H groups in total. The molecule has 0 unspecified atom stereocenters. The summed E-state index contributed by atoms with van der Waals surface area (Å²) in [7, 11) is -3.43. The van der Waals surface area contributed by atoms with Crippen molar-refractivity contribution in [2.24, 2.45) is 0 Å². The Balaban J connectivity index is 1.75. The first-order valence-corrected chi connectivity index (χ1v) is 11.8. The van der Waals surface area contributed by atoms with Crippen LogP contribution in [0.4, 0.5) is 0 Å². The number of unbranched alkanes of at least 4 members (excludes halogenated alkanes) is 2. The Morgan fingerprint density at radius 3 is 2.54 bits per heavy atom. The highest BCUT2D eigenvalue weighted by atomic mass is 32.2. The Morgan fingerprint density at radius 2 is 1.89 bits per heavy atom. The molecule has 1 heterocycles. The molecule has 0 aromatic heterocycles. The molecule has 0 bridgehead atoms. The summed E-state index contributed by atoms with van der Waals surface area (Å²) in [6.45, 7) is 6.81. The molecule has 1 aromatic carbocycles. The summed E-state index contributed by atoms with van der Waals surface area (Å²) in [6, 6.07) is 9.60. The number of piperazine rings is 1. The molecule has 0 radical (unpaired) electrons. The molecule has 7 heteroatoms. The highest BCUT2D eigenvalue weighted by Crippen LogP contribution is 2.08. The second-order valence-electron chi connectivity index (χ2n) is 7.55. The Labute approximate surface area is 169 Å². The molecule has 1 aliphatic heterocycles. The van der Waals surface area contributed by atoms with Crippen LogP contribution in [-0.2, 0) is 14.8 Å². The zero-order chi connectivity index (χ0) is 20.4. The minimum absolute atomic E-state index is 0.0549. The first-order chi connectivity index (χ1) is 13.4. The summed E-state index contributed by atoms with van der Waals surface area (Å²) in [5, 5.41) is 4.34. The number of sulfonamides is 1. The fraction of sp³-hybridized carbons (Fsp3) is 0.571. The fourth-order valence-electron chi connectivity index (χ4n) is 3.37. The average Bonchev–Trinajstić information content (AvgIpc) is 2.68. The van der Waals surface area contributed by atoms with Crippen molar-refractivity contribution >= 4 is 22.0 Å². The first-order valence-electron chi connectivity index (χ1n) is 10.3. The van der Waals surface area contributed by atoms with Crippen molar-refractivity contribution in [3.63, 3.8) is 0 Å². The smallest absolute Gasteiger partial charge is 0.275 e. The lowest BCUT2D eigenvalue weighted by Gasteiger charge is -2.30. The lowest BCUT2D eigenvalue weighted by Crippen LogP contribution is -3.15. The summed E-state index contributed by atoms with van der Waals surface area (Å²) < 4.78 is 26.5. The van der Waals surface area contributed by atoms with E-state index in [0.717, 1.165) is 23.3 Å². The van der Waals surface area contributed by atoms with Gasteiger partial charge in [0.15, 0.2) is 6.54 Å². The van der Waals surface area contributed by atoms with E-state index in [-0.39, 0.29) is 11.9 Å². The molecule has 156 valence electrons. The highest BCUT2D eigenvalue weighted by molar-refractivity contribution is 7.92. The molecule has 1 atom stereocenters. The molecule has 1 aliphatic rings. The van der Waals surface area contributed by atoms with Crippen molar-refractivity contribution in [1.29, 1.82) is 0 Å². The van der Waals surface area contributed by atoms with E-state index in [1.165, 1.54) is 22.6 Å². The predicted octanol–water partition coefficient (Wildman–Crippen LogP) is 1.27. The Morgan fingerprint density at radius 1 is 1.21 bits per heavy atom. The van der Waals surface area contributed by atoms with Gasteiger partial charge in [0.05, 0.1) is 26.2 Å². The molecular weight excluding hydrogens is 374 g/mol. The van der Waals surface area contributed by atoms with Gasteiger partial charge in [0.1, 0.15) is 0 Å². The third-order valence-corrected chi connectivity index (χ3v) is 6.65. The van der Waals surface area contributed by atoms with Crippen LogP contribution in [0.1, 0.15) is 45.1 Å². The molecule has 6 nitrogen and oxygen atoms in total. The fourth-order valence-corrected chi connectivity index (χ4v) is 4.57. The maximum absolute atomic E-state index is 12.5. The summed E-state index contributed by atoms with van der Waals surface area (Å²) in [5.41, 5.74) is 0.861. The zero-order valence-corrected chi connectivity index (χ0v) is 17.9. The molecule has 28 heavy (non-hydrogen) atoms. The monoisotopic (exact) mass is 408 g/mol. The number of carbonyl (C=O) groups excluding carboxylic acids is 1. The van der Waals surface area contributed by atoms with Crippen molar-refractivity contribution in [3.05, 3.63) is 41.3 Å². The number of hydrogen-bond acceptors (Lipinski definition) is 3. The summed E-state index contributed by atoms with van der Waals surface area (Å²) >= 11 is 0. The molecule has 1 saturated heterocycles. The molecule has 1 amide bonds. The summed E-state index contributed by atoms with van der Waals surface area (Å²) in [6.07, 6.45) is 6.15. The van der Waals surface area contributed by atoms with Gasteiger partial charge in [-0.3, -0.25) is 4.79 Å². The van der Waals surface area contributed by atoms with Crippen LogP contribution in [-0.4, -0.2) is 57.4 Å². The average molecular weight is 409 g/mol. The minimum atomic E-state index is -3.43. The van der Waals surface area contributed by atoms with Crippen LogP contribution in [0.5, 0.6) is 0 Å². The van der Waals surface area contributed by atoms with Crippen LogP contribution >= 0.6 is 0 Å². The van der Waals surface area contributed by atoms with Gasteiger partial charge in [0, 0.05) is 11.4 Å². The Kier molecular flexibility index (Phi) is 9.15. The van der Waals surface area contributed by atoms with Gasteiger partial charge in [0.25, 0.3) is 5.91 Å². The molecule has 1 aromatic rings. The van der Waals surface area contributed by atoms with Gasteiger partial charge in [-0.15, -0.1) is 0 Å². The van der Waals surface area contributed by atoms with Gasteiger partial charge < -0.3 is 10.2 Å². The van der Waals surface area contributed by atoms with Gasteiger partial charge in [-0.2, -0.15) is 4.31 Å². The Bertz CT molecular complexity index is 727. The van der Waals surface area contributed by atoms with Gasteiger partial charge in [0.2, 0.25) is 10.0 Å². The maximum atomic E-state index is 12.5. The van der Waals surface area contributed by atoms with E-state index in [1.807, 2.05) is 37.3 Å². The number of amides is 1. The molecular formula is C21H34N3O3S+. The highest BCUT2D eigenvalue weighted by Gasteiger charge is 2.28. The number of nitrogens with one attached hydrogen (secondary N) is 2. The van der Waals surface area contributed by atoms with Crippen molar-refractivity contribution in [2.75, 3.05) is 32.7 Å². The molecule has 0 spiro atoms. The van der Waals surface area contributed by atoms with E-state index in [4.69, 9.17) is 0 Å². The van der Waals surface area contributed by atoms with Crippen LogP contribution in [0, 0.1) is 0 Å². The Hall–Kier alpha value is -1.70. The van der Waals surface area contributed by atoms with E-state index in [2.05, 4.69) is 12.2 Å². The van der Waals surface area contributed by atoms with Crippen LogP contribution in [0.15, 0.2) is 35.7 Å². The van der Waals surface area contributed by atoms with Crippen molar-refractivity contribution < 1.29 is 18.1 Å². The van der Waals surface area contributed by atoms with Crippen LogP contribution in [0.3, 0.4) is 0 Å². The van der Waals surface area contributed by atoms with Gasteiger partial charge in [-0.05, 0) is 25.0 Å². The topological polar surface area (TPSA) is 70.9 Å². The normalized spacial score (nSPS) is 17.6. The van der Waals surface area contributed by atoms with Crippen molar-refractivity contribution in [3.8, 4) is 0 Å². The van der Waals surface area contributed by atoms with Crippen molar-refractivity contribution in [1.82, 2.24) is 9.62 Å². The molecule has 2 rings (SSSR count). The zero-order valence-electron chi connectivity index (χ0n) is 17.1. The largest absolute Gasteiger partial charge is 0.349 e. The third kappa shape index (κ3) is 7.73. The van der Waals surface area contributed by atoms with Crippen LogP contribution in [0.2, 0.25) is 0 Å². The second-order valence-corrected chi connectivity index (χ2v) is 9.37.